The molecule has 0 aliphatic carbocycles. The van der Waals surface area contributed by atoms with Gasteiger partial charge in [-0.1, -0.05) is 23.7 Å². The maximum absolute atomic E-state index is 10.8. The van der Waals surface area contributed by atoms with Crippen LogP contribution in [-0.4, -0.2) is 9.91 Å². The zero-order valence-electron chi connectivity index (χ0n) is 10.2. The van der Waals surface area contributed by atoms with E-state index in [4.69, 9.17) is 16.3 Å². The van der Waals surface area contributed by atoms with Gasteiger partial charge in [-0.2, -0.15) is 0 Å². The summed E-state index contributed by atoms with van der Waals surface area (Å²) < 4.78 is 5.52. The minimum absolute atomic E-state index is 0.0929. The van der Waals surface area contributed by atoms with Crippen molar-refractivity contribution in [2.24, 2.45) is 0 Å². The largest absolute Gasteiger partial charge is 0.487 e. The molecule has 0 unspecified atom stereocenters. The van der Waals surface area contributed by atoms with E-state index in [1.165, 1.54) is 12.3 Å². The predicted molar refractivity (Wildman–Crippen MR) is 71.4 cm³/mol. The number of nitro benzene ring substituents is 1. The van der Waals surface area contributed by atoms with Gasteiger partial charge in [0.25, 0.3) is 5.69 Å². The van der Waals surface area contributed by atoms with Crippen molar-refractivity contribution in [1.82, 2.24) is 4.98 Å². The van der Waals surface area contributed by atoms with Crippen LogP contribution in [0.5, 0.6) is 5.75 Å². The van der Waals surface area contributed by atoms with Gasteiger partial charge in [0.1, 0.15) is 17.5 Å². The molecule has 0 aliphatic heterocycles. The normalized spacial score (nSPS) is 10.2. The molecule has 2 rings (SSSR count). The molecule has 1 aromatic carbocycles. The minimum atomic E-state index is -0.400. The molecule has 0 aliphatic rings. The molecule has 0 radical (unpaired) electrons. The second-order valence-electron chi connectivity index (χ2n) is 3.92. The summed E-state index contributed by atoms with van der Waals surface area (Å²) in [5.74, 6) is 0.565. The third-order valence-electron chi connectivity index (χ3n) is 2.71. The van der Waals surface area contributed by atoms with E-state index in [9.17, 15) is 10.1 Å². The van der Waals surface area contributed by atoms with Gasteiger partial charge >= 0.3 is 0 Å². The first-order valence-electron chi connectivity index (χ1n) is 5.55. The van der Waals surface area contributed by atoms with Crippen LogP contribution in [0.15, 0.2) is 36.5 Å². The summed E-state index contributed by atoms with van der Waals surface area (Å²) in [7, 11) is 0. The lowest BCUT2D eigenvalue weighted by molar-refractivity contribution is -0.385. The van der Waals surface area contributed by atoms with E-state index in [1.54, 1.807) is 31.2 Å². The Morgan fingerprint density at radius 3 is 2.79 bits per heavy atom. The number of nitro groups is 1. The Labute approximate surface area is 115 Å². The lowest BCUT2D eigenvalue weighted by Crippen LogP contribution is -2.01. The molecule has 0 N–H and O–H groups in total. The number of aromatic nitrogens is 1. The highest BCUT2D eigenvalue weighted by Crippen LogP contribution is 2.22. The predicted octanol–water partition coefficient (Wildman–Crippen LogP) is 3.53. The first kappa shape index (κ1) is 13.3. The van der Waals surface area contributed by atoms with E-state index in [-0.39, 0.29) is 12.3 Å². The quantitative estimate of drug-likeness (QED) is 0.487. The summed E-state index contributed by atoms with van der Waals surface area (Å²) in [6.07, 6.45) is 1.51. The van der Waals surface area contributed by atoms with Crippen molar-refractivity contribution in [2.45, 2.75) is 13.5 Å². The molecule has 0 fully saturated rings. The lowest BCUT2D eigenvalue weighted by Gasteiger charge is -2.08. The van der Waals surface area contributed by atoms with Crippen LogP contribution < -0.4 is 4.74 Å². The molecule has 0 saturated carbocycles. The number of rotatable bonds is 4. The minimum Gasteiger partial charge on any atom is -0.487 e. The van der Waals surface area contributed by atoms with Crippen LogP contribution in [0.1, 0.15) is 11.1 Å². The summed E-state index contributed by atoms with van der Waals surface area (Å²) in [5, 5.41) is 11.2. The first-order chi connectivity index (χ1) is 9.08. The van der Waals surface area contributed by atoms with Gasteiger partial charge in [0.2, 0.25) is 0 Å². The summed E-state index contributed by atoms with van der Waals surface area (Å²) in [5.41, 5.74) is 1.47. The van der Waals surface area contributed by atoms with Gasteiger partial charge in [0.05, 0.1) is 11.1 Å². The topological polar surface area (TPSA) is 65.3 Å². The Morgan fingerprint density at radius 2 is 2.16 bits per heavy atom. The van der Waals surface area contributed by atoms with E-state index in [1.807, 2.05) is 0 Å². The van der Waals surface area contributed by atoms with Crippen molar-refractivity contribution in [3.8, 4) is 5.75 Å². The maximum Gasteiger partial charge on any atom is 0.272 e. The van der Waals surface area contributed by atoms with E-state index in [2.05, 4.69) is 4.98 Å². The van der Waals surface area contributed by atoms with Gasteiger partial charge in [-0.3, -0.25) is 10.1 Å². The Kier molecular flexibility index (Phi) is 3.97. The second kappa shape index (κ2) is 5.67. The van der Waals surface area contributed by atoms with Gasteiger partial charge in [-0.25, -0.2) is 4.98 Å². The number of ether oxygens (including phenoxy) is 1. The molecule has 2 aromatic rings. The average Bonchev–Trinajstić information content (AvgIpc) is 2.39. The van der Waals surface area contributed by atoms with Crippen molar-refractivity contribution in [1.29, 1.82) is 0 Å². The molecule has 1 heterocycles. The molecule has 0 bridgehead atoms. The number of hydrogen-bond acceptors (Lipinski definition) is 4. The van der Waals surface area contributed by atoms with Crippen molar-refractivity contribution in [3.63, 3.8) is 0 Å². The van der Waals surface area contributed by atoms with Gasteiger partial charge in [0, 0.05) is 11.6 Å². The standard InChI is InChI=1S/C13H11ClN2O3/c1-9-10(3-2-4-12(9)16(17)18)8-19-11-5-6-13(14)15-7-11/h2-7H,8H2,1H3. The average molecular weight is 279 g/mol. The van der Waals surface area contributed by atoms with E-state index < -0.39 is 4.92 Å². The zero-order valence-corrected chi connectivity index (χ0v) is 10.9. The second-order valence-corrected chi connectivity index (χ2v) is 4.31. The van der Waals surface area contributed by atoms with Crippen molar-refractivity contribution >= 4 is 17.3 Å². The Morgan fingerprint density at radius 1 is 1.37 bits per heavy atom. The molecule has 98 valence electrons. The maximum atomic E-state index is 10.8. The Bertz CT molecular complexity index is 599. The molecule has 0 atom stereocenters. The highest BCUT2D eigenvalue weighted by Gasteiger charge is 2.13. The molecule has 19 heavy (non-hydrogen) atoms. The highest BCUT2D eigenvalue weighted by atomic mass is 35.5. The molecular weight excluding hydrogens is 268 g/mol. The first-order valence-corrected chi connectivity index (χ1v) is 5.93. The monoisotopic (exact) mass is 278 g/mol. The summed E-state index contributed by atoms with van der Waals surface area (Å²) in [4.78, 5) is 14.3. The smallest absolute Gasteiger partial charge is 0.272 e. The van der Waals surface area contributed by atoms with Gasteiger partial charge in [0.15, 0.2) is 0 Å². The molecule has 6 heteroatoms. The van der Waals surface area contributed by atoms with Crippen LogP contribution in [0.2, 0.25) is 5.15 Å². The van der Waals surface area contributed by atoms with Crippen molar-refractivity contribution in [3.05, 3.63) is 62.9 Å². The van der Waals surface area contributed by atoms with Crippen LogP contribution >= 0.6 is 11.6 Å². The third-order valence-corrected chi connectivity index (χ3v) is 2.93. The number of hydrogen-bond donors (Lipinski definition) is 0. The molecule has 0 amide bonds. The third kappa shape index (κ3) is 3.20. The van der Waals surface area contributed by atoms with Crippen LogP contribution in [0, 0.1) is 17.0 Å². The van der Waals surface area contributed by atoms with Gasteiger partial charge < -0.3 is 4.74 Å². The van der Waals surface area contributed by atoms with E-state index >= 15 is 0 Å². The SMILES string of the molecule is Cc1c(COc2ccc(Cl)nc2)cccc1[N+](=O)[O-]. The fourth-order valence-corrected chi connectivity index (χ4v) is 1.74. The van der Waals surface area contributed by atoms with Gasteiger partial charge in [-0.05, 0) is 24.6 Å². The fraction of sp³-hybridized carbons (Fsp3) is 0.154. The summed E-state index contributed by atoms with van der Waals surface area (Å²) in [6.45, 7) is 1.95. The molecule has 1 aromatic heterocycles. The van der Waals surface area contributed by atoms with Crippen LogP contribution in [0.4, 0.5) is 5.69 Å². The summed E-state index contributed by atoms with van der Waals surface area (Å²) >= 11 is 5.67. The molecule has 0 spiro atoms. The molecule has 0 saturated heterocycles. The Hall–Kier alpha value is -2.14. The lowest BCUT2D eigenvalue weighted by atomic mass is 10.1. The number of pyridine rings is 1. The fourth-order valence-electron chi connectivity index (χ4n) is 1.63. The van der Waals surface area contributed by atoms with Crippen molar-refractivity contribution in [2.75, 3.05) is 0 Å². The number of nitrogens with zero attached hydrogens (tertiary/aromatic N) is 2. The highest BCUT2D eigenvalue weighted by molar-refractivity contribution is 6.29. The van der Waals surface area contributed by atoms with Crippen LogP contribution in [0.25, 0.3) is 0 Å². The molecular formula is C13H11ClN2O3. The van der Waals surface area contributed by atoms with Gasteiger partial charge in [-0.15, -0.1) is 0 Å². The Balaban J connectivity index is 2.13. The summed E-state index contributed by atoms with van der Waals surface area (Å²) in [6, 6.07) is 8.23. The van der Waals surface area contributed by atoms with Crippen LogP contribution in [0.3, 0.4) is 0 Å². The number of benzene rings is 1. The molecule has 5 nitrogen and oxygen atoms in total. The number of halogens is 1. The van der Waals surface area contributed by atoms with E-state index in [0.717, 1.165) is 5.56 Å². The van der Waals surface area contributed by atoms with Crippen molar-refractivity contribution < 1.29 is 9.66 Å². The van der Waals surface area contributed by atoms with Crippen LogP contribution in [-0.2, 0) is 6.61 Å². The van der Waals surface area contributed by atoms with E-state index in [0.29, 0.717) is 16.5 Å². The zero-order chi connectivity index (χ0) is 13.8.